The highest BCUT2D eigenvalue weighted by Crippen LogP contribution is 2.25. The molecule has 1 aliphatic heterocycles. The summed E-state index contributed by atoms with van der Waals surface area (Å²) in [6.07, 6.45) is -2.57. The van der Waals surface area contributed by atoms with Crippen molar-refractivity contribution in [2.24, 2.45) is 0 Å². The molecular weight excluding hydrogens is 493 g/mol. The number of nitrogens with zero attached hydrogens (tertiary/aromatic N) is 2. The molecule has 2 heterocycles. The average Bonchev–Trinajstić information content (AvgIpc) is 3.09. The smallest absolute Gasteiger partial charge is 0.407 e. The van der Waals surface area contributed by atoms with E-state index in [1.54, 1.807) is 58.0 Å². The van der Waals surface area contributed by atoms with Crippen molar-refractivity contribution in [2.75, 3.05) is 19.3 Å². The zero-order chi connectivity index (χ0) is 26.7. The minimum absolute atomic E-state index is 0.189. The maximum atomic E-state index is 14.2. The summed E-state index contributed by atoms with van der Waals surface area (Å²) in [7, 11) is -3.85. The fraction of sp³-hybridized carbons (Fsp3) is 0.458. The summed E-state index contributed by atoms with van der Waals surface area (Å²) >= 11 is 0. The summed E-state index contributed by atoms with van der Waals surface area (Å²) in [6, 6.07) is 9.73. The predicted molar refractivity (Wildman–Crippen MR) is 129 cm³/mol. The Balaban J connectivity index is 1.67. The first-order valence-electron chi connectivity index (χ1n) is 11.2. The first-order valence-corrected chi connectivity index (χ1v) is 13.0. The molecule has 1 fully saturated rings. The number of nitrogens with one attached hydrogen (secondary N) is 1. The molecule has 1 saturated heterocycles. The normalized spacial score (nSPS) is 18.1. The molecule has 10 nitrogen and oxygen atoms in total. The minimum Gasteiger partial charge on any atom is -0.444 e. The number of hydrogen-bond acceptors (Lipinski definition) is 8. The van der Waals surface area contributed by atoms with E-state index in [2.05, 4.69) is 10.3 Å². The summed E-state index contributed by atoms with van der Waals surface area (Å²) in [4.78, 5) is 30.4. The van der Waals surface area contributed by atoms with Crippen LogP contribution in [0.2, 0.25) is 0 Å². The number of aromatic nitrogens is 1. The Morgan fingerprint density at radius 2 is 1.92 bits per heavy atom. The summed E-state index contributed by atoms with van der Waals surface area (Å²) < 4.78 is 52.7. The van der Waals surface area contributed by atoms with Crippen LogP contribution in [0.15, 0.2) is 36.4 Å². The fourth-order valence-electron chi connectivity index (χ4n) is 3.56. The number of ether oxygens (including phenoxy) is 2. The second-order valence-corrected chi connectivity index (χ2v) is 11.1. The lowest BCUT2D eigenvalue weighted by atomic mass is 10.2. The van der Waals surface area contributed by atoms with Crippen molar-refractivity contribution in [1.82, 2.24) is 15.2 Å². The lowest BCUT2D eigenvalue weighted by Gasteiger charge is -2.19. The molecule has 1 N–H and O–H groups in total. The molecule has 196 valence electrons. The number of likely N-dealkylation sites (tertiary alicyclic amines) is 1. The van der Waals surface area contributed by atoms with Gasteiger partial charge >= 0.3 is 6.09 Å². The van der Waals surface area contributed by atoms with E-state index in [4.69, 9.17) is 13.7 Å². The number of hydrogen-bond donors (Lipinski definition) is 1. The van der Waals surface area contributed by atoms with E-state index >= 15 is 0 Å². The molecule has 0 spiro atoms. The number of alkyl carbamates (subject to hydrolysis) is 1. The monoisotopic (exact) mass is 523 g/mol. The summed E-state index contributed by atoms with van der Waals surface area (Å²) in [6.45, 7) is 6.83. The first kappa shape index (κ1) is 27.3. The van der Waals surface area contributed by atoms with Gasteiger partial charge in [-0.05, 0) is 57.5 Å². The van der Waals surface area contributed by atoms with E-state index in [1.165, 1.54) is 11.0 Å². The van der Waals surface area contributed by atoms with Crippen LogP contribution < -0.4 is 10.1 Å². The molecular formula is C24H30FN3O7S. The minimum atomic E-state index is -3.85. The van der Waals surface area contributed by atoms with Gasteiger partial charge in [0.15, 0.2) is 0 Å². The molecule has 0 bridgehead atoms. The van der Waals surface area contributed by atoms with Crippen LogP contribution in [-0.4, -0.2) is 67.5 Å². The second kappa shape index (κ2) is 10.8. The molecule has 2 aromatic rings. The quantitative estimate of drug-likeness (QED) is 0.548. The van der Waals surface area contributed by atoms with Crippen molar-refractivity contribution in [3.05, 3.63) is 53.2 Å². The molecule has 0 radical (unpaired) electrons. The van der Waals surface area contributed by atoms with E-state index < -0.39 is 40.0 Å². The van der Waals surface area contributed by atoms with Gasteiger partial charge in [0.25, 0.3) is 16.0 Å². The maximum Gasteiger partial charge on any atom is 0.407 e. The average molecular weight is 524 g/mol. The van der Waals surface area contributed by atoms with E-state index in [0.717, 1.165) is 11.8 Å². The molecule has 3 rings (SSSR count). The van der Waals surface area contributed by atoms with Crippen LogP contribution in [-0.2, 0) is 25.6 Å². The van der Waals surface area contributed by atoms with Crippen molar-refractivity contribution in [2.45, 2.75) is 52.1 Å². The predicted octanol–water partition coefficient (Wildman–Crippen LogP) is 3.35. The fourth-order valence-corrected chi connectivity index (χ4v) is 4.19. The van der Waals surface area contributed by atoms with Gasteiger partial charge in [0, 0.05) is 23.9 Å². The van der Waals surface area contributed by atoms with Gasteiger partial charge in [0.2, 0.25) is 5.88 Å². The zero-order valence-corrected chi connectivity index (χ0v) is 21.6. The van der Waals surface area contributed by atoms with Gasteiger partial charge in [-0.15, -0.1) is 0 Å². The Morgan fingerprint density at radius 3 is 2.58 bits per heavy atom. The molecule has 1 aromatic carbocycles. The standard InChI is InChI=1S/C24H30FN3O7S/c1-15-9-16(12-26-23(30)34-24(2,3)4)10-21(27-15)33-18-8-6-7-17(11-18)22(29)28-13-19(25)20(14-28)35-36(5,31)32/h6-11,19-20H,12-14H2,1-5H3,(H,26,30)/t19-,20-/m1/s1. The summed E-state index contributed by atoms with van der Waals surface area (Å²) in [5.41, 5.74) is 1.01. The molecule has 2 atom stereocenters. The highest BCUT2D eigenvalue weighted by atomic mass is 32.2. The van der Waals surface area contributed by atoms with Crippen molar-refractivity contribution in [3.8, 4) is 11.6 Å². The van der Waals surface area contributed by atoms with E-state index in [0.29, 0.717) is 11.4 Å². The first-order chi connectivity index (χ1) is 16.7. The summed E-state index contributed by atoms with van der Waals surface area (Å²) in [5.74, 6) is 0.0966. The number of halogens is 1. The van der Waals surface area contributed by atoms with Crippen LogP contribution in [0.5, 0.6) is 11.6 Å². The summed E-state index contributed by atoms with van der Waals surface area (Å²) in [5, 5.41) is 2.68. The van der Waals surface area contributed by atoms with Crippen molar-refractivity contribution >= 4 is 22.1 Å². The van der Waals surface area contributed by atoms with Gasteiger partial charge in [-0.25, -0.2) is 14.2 Å². The molecule has 2 amide bonds. The molecule has 1 aromatic heterocycles. The molecule has 0 aliphatic carbocycles. The van der Waals surface area contributed by atoms with Gasteiger partial charge in [-0.3, -0.25) is 8.98 Å². The van der Waals surface area contributed by atoms with Crippen molar-refractivity contribution in [3.63, 3.8) is 0 Å². The van der Waals surface area contributed by atoms with Crippen LogP contribution in [0.4, 0.5) is 9.18 Å². The Kier molecular flexibility index (Phi) is 8.19. The highest BCUT2D eigenvalue weighted by molar-refractivity contribution is 7.86. The van der Waals surface area contributed by atoms with Gasteiger partial charge in [0.05, 0.1) is 19.3 Å². The lowest BCUT2D eigenvalue weighted by molar-refractivity contribution is 0.0523. The van der Waals surface area contributed by atoms with Crippen LogP contribution in [0.1, 0.15) is 42.4 Å². The van der Waals surface area contributed by atoms with E-state index in [1.807, 2.05) is 0 Å². The van der Waals surface area contributed by atoms with E-state index in [9.17, 15) is 22.4 Å². The highest BCUT2D eigenvalue weighted by Gasteiger charge is 2.38. The number of carbonyl (C=O) groups is 2. The second-order valence-electron chi connectivity index (χ2n) is 9.51. The van der Waals surface area contributed by atoms with Crippen LogP contribution in [0, 0.1) is 6.92 Å². The van der Waals surface area contributed by atoms with Gasteiger partial charge in [-0.2, -0.15) is 8.42 Å². The topological polar surface area (TPSA) is 124 Å². The van der Waals surface area contributed by atoms with Gasteiger partial charge in [-0.1, -0.05) is 6.07 Å². The zero-order valence-electron chi connectivity index (χ0n) is 20.8. The number of carbonyl (C=O) groups excluding carboxylic acids is 2. The SMILES string of the molecule is Cc1cc(CNC(=O)OC(C)(C)C)cc(Oc2cccc(C(=O)N3C[C@@H](F)[C@H](OS(C)(=O)=O)C3)c2)n1. The van der Waals surface area contributed by atoms with Crippen LogP contribution in [0.25, 0.3) is 0 Å². The van der Waals surface area contributed by atoms with E-state index in [-0.39, 0.29) is 31.1 Å². The largest absolute Gasteiger partial charge is 0.444 e. The molecule has 36 heavy (non-hydrogen) atoms. The van der Waals surface area contributed by atoms with Crippen molar-refractivity contribution < 1.29 is 36.1 Å². The van der Waals surface area contributed by atoms with Gasteiger partial charge < -0.3 is 19.7 Å². The maximum absolute atomic E-state index is 14.2. The lowest BCUT2D eigenvalue weighted by Crippen LogP contribution is -2.32. The molecule has 1 aliphatic rings. The molecule has 0 unspecified atom stereocenters. The number of aryl methyl sites for hydroxylation is 1. The van der Waals surface area contributed by atoms with Crippen LogP contribution >= 0.6 is 0 Å². The number of rotatable bonds is 7. The van der Waals surface area contributed by atoms with Crippen LogP contribution in [0.3, 0.4) is 0 Å². The van der Waals surface area contributed by atoms with Gasteiger partial charge in [0.1, 0.15) is 23.6 Å². The molecule has 0 saturated carbocycles. The third-order valence-corrected chi connectivity index (χ3v) is 5.51. The Bertz CT molecular complexity index is 1230. The third kappa shape index (κ3) is 8.16. The number of pyridine rings is 1. The van der Waals surface area contributed by atoms with Crippen molar-refractivity contribution in [1.29, 1.82) is 0 Å². The Morgan fingerprint density at radius 1 is 1.19 bits per heavy atom. The molecule has 12 heteroatoms. The third-order valence-electron chi connectivity index (χ3n) is 4.91. The number of amides is 2. The Labute approximate surface area is 209 Å². The Hall–Kier alpha value is -3.25. The number of alkyl halides is 1. The number of benzene rings is 1.